The second-order valence-electron chi connectivity index (χ2n) is 5.08. The van der Waals surface area contributed by atoms with Gasteiger partial charge >= 0.3 is 0 Å². The van der Waals surface area contributed by atoms with E-state index in [9.17, 15) is 0 Å². The number of hydrogen-bond acceptors (Lipinski definition) is 3. The minimum absolute atomic E-state index is 0.490. The maximum absolute atomic E-state index is 4.52. The quantitative estimate of drug-likeness (QED) is 0.672. The fourth-order valence-electron chi connectivity index (χ4n) is 2.37. The summed E-state index contributed by atoms with van der Waals surface area (Å²) >= 11 is 0. The molecule has 0 bridgehead atoms. The van der Waals surface area contributed by atoms with Crippen LogP contribution in [0.3, 0.4) is 0 Å². The molecule has 1 heterocycles. The van der Waals surface area contributed by atoms with Crippen LogP contribution in [0.15, 0.2) is 53.8 Å². The Kier molecular flexibility index (Phi) is 5.13. The molecule has 3 nitrogen and oxygen atoms in total. The molecule has 1 aromatic rings. The van der Waals surface area contributed by atoms with E-state index in [-0.39, 0.29) is 0 Å². The standard InChI is InChI=1S/C17H23N3/c1-4-18-17(20-11-10-19-15(3)13-20)12-14(2)16-8-6-5-7-9-16/h4-9,12,15,19H,2,10-11,13H2,1,3H3/b17-12+,18-4?. The topological polar surface area (TPSA) is 27.6 Å². The van der Waals surface area contributed by atoms with E-state index >= 15 is 0 Å². The summed E-state index contributed by atoms with van der Waals surface area (Å²) in [6, 6.07) is 10.7. The van der Waals surface area contributed by atoms with Crippen LogP contribution in [-0.2, 0) is 0 Å². The van der Waals surface area contributed by atoms with Crippen molar-refractivity contribution >= 4 is 11.8 Å². The van der Waals surface area contributed by atoms with Gasteiger partial charge in [-0.05, 0) is 31.1 Å². The largest absolute Gasteiger partial charge is 0.354 e. The molecule has 0 amide bonds. The molecule has 0 spiro atoms. The molecule has 106 valence electrons. The van der Waals surface area contributed by atoms with E-state index in [1.54, 1.807) is 0 Å². The number of allylic oxidation sites excluding steroid dienone is 2. The Morgan fingerprint density at radius 3 is 2.80 bits per heavy atom. The number of rotatable bonds is 4. The van der Waals surface area contributed by atoms with E-state index in [2.05, 4.69) is 46.9 Å². The second kappa shape index (κ2) is 7.06. The molecule has 1 aromatic carbocycles. The summed E-state index contributed by atoms with van der Waals surface area (Å²) in [5.41, 5.74) is 2.14. The van der Waals surface area contributed by atoms with Gasteiger partial charge in [0.1, 0.15) is 5.82 Å². The lowest BCUT2D eigenvalue weighted by Crippen LogP contribution is -2.48. The van der Waals surface area contributed by atoms with Gasteiger partial charge in [-0.25, -0.2) is 4.99 Å². The Bertz CT molecular complexity index is 502. The van der Waals surface area contributed by atoms with Crippen LogP contribution in [-0.4, -0.2) is 36.8 Å². The molecule has 0 aliphatic carbocycles. The van der Waals surface area contributed by atoms with Crippen molar-refractivity contribution in [2.75, 3.05) is 19.6 Å². The predicted octanol–water partition coefficient (Wildman–Crippen LogP) is 2.93. The summed E-state index contributed by atoms with van der Waals surface area (Å²) in [6.07, 6.45) is 3.92. The van der Waals surface area contributed by atoms with Gasteiger partial charge in [-0.2, -0.15) is 0 Å². The fraction of sp³-hybridized carbons (Fsp3) is 0.353. The molecule has 1 aliphatic rings. The second-order valence-corrected chi connectivity index (χ2v) is 5.08. The van der Waals surface area contributed by atoms with E-state index in [0.717, 1.165) is 36.6 Å². The number of nitrogens with zero attached hydrogens (tertiary/aromatic N) is 2. The number of nitrogens with one attached hydrogen (secondary N) is 1. The van der Waals surface area contributed by atoms with Crippen molar-refractivity contribution in [2.24, 2.45) is 4.99 Å². The van der Waals surface area contributed by atoms with Crippen molar-refractivity contribution in [1.29, 1.82) is 0 Å². The lowest BCUT2D eigenvalue weighted by atomic mass is 10.1. The highest BCUT2D eigenvalue weighted by Gasteiger charge is 2.17. The monoisotopic (exact) mass is 269 g/mol. The van der Waals surface area contributed by atoms with Crippen LogP contribution in [0.4, 0.5) is 0 Å². The SMILES string of the molecule is C=C(/C=C(\N=CC)N1CCNC(C)C1)c1ccccc1. The summed E-state index contributed by atoms with van der Waals surface area (Å²) in [4.78, 5) is 6.84. The average molecular weight is 269 g/mol. The van der Waals surface area contributed by atoms with Crippen LogP contribution >= 0.6 is 0 Å². The highest BCUT2D eigenvalue weighted by atomic mass is 15.3. The van der Waals surface area contributed by atoms with Gasteiger partial charge in [-0.15, -0.1) is 0 Å². The van der Waals surface area contributed by atoms with Crippen molar-refractivity contribution in [3.8, 4) is 0 Å². The Morgan fingerprint density at radius 2 is 2.15 bits per heavy atom. The summed E-state index contributed by atoms with van der Waals surface area (Å²) in [5, 5.41) is 3.45. The predicted molar refractivity (Wildman–Crippen MR) is 86.8 cm³/mol. The van der Waals surface area contributed by atoms with E-state index in [1.807, 2.05) is 31.3 Å². The molecule has 1 saturated heterocycles. The van der Waals surface area contributed by atoms with Crippen molar-refractivity contribution in [2.45, 2.75) is 19.9 Å². The molecule has 1 unspecified atom stereocenters. The molecule has 1 fully saturated rings. The van der Waals surface area contributed by atoms with Crippen LogP contribution in [0.25, 0.3) is 5.57 Å². The third-order valence-electron chi connectivity index (χ3n) is 3.40. The van der Waals surface area contributed by atoms with Crippen molar-refractivity contribution in [3.05, 3.63) is 54.4 Å². The van der Waals surface area contributed by atoms with Crippen LogP contribution in [0.2, 0.25) is 0 Å². The van der Waals surface area contributed by atoms with Gasteiger partial charge in [0.15, 0.2) is 0 Å². The van der Waals surface area contributed by atoms with Gasteiger partial charge in [0.05, 0.1) is 0 Å². The molecule has 0 radical (unpaired) electrons. The third kappa shape index (κ3) is 3.81. The van der Waals surface area contributed by atoms with Gasteiger partial charge in [-0.3, -0.25) is 0 Å². The normalized spacial score (nSPS) is 20.4. The van der Waals surface area contributed by atoms with Gasteiger partial charge in [0.2, 0.25) is 0 Å². The van der Waals surface area contributed by atoms with Crippen LogP contribution < -0.4 is 5.32 Å². The first kappa shape index (κ1) is 14.5. The van der Waals surface area contributed by atoms with E-state index in [1.165, 1.54) is 0 Å². The number of benzene rings is 1. The van der Waals surface area contributed by atoms with Gasteiger partial charge in [-0.1, -0.05) is 36.9 Å². The molecule has 20 heavy (non-hydrogen) atoms. The van der Waals surface area contributed by atoms with Crippen molar-refractivity contribution in [1.82, 2.24) is 10.2 Å². The molecule has 0 saturated carbocycles. The van der Waals surface area contributed by atoms with Crippen molar-refractivity contribution in [3.63, 3.8) is 0 Å². The first-order chi connectivity index (χ1) is 9.70. The summed E-state index contributed by atoms with van der Waals surface area (Å²) < 4.78 is 0. The van der Waals surface area contributed by atoms with Gasteiger partial charge < -0.3 is 10.2 Å². The molecule has 1 aliphatic heterocycles. The number of aliphatic imine (C=N–C) groups is 1. The van der Waals surface area contributed by atoms with Crippen LogP contribution in [0.5, 0.6) is 0 Å². The Morgan fingerprint density at radius 1 is 1.40 bits per heavy atom. The summed E-state index contributed by atoms with van der Waals surface area (Å²) in [5.74, 6) is 0.995. The number of piperazine rings is 1. The molecule has 1 atom stereocenters. The van der Waals surface area contributed by atoms with E-state index in [4.69, 9.17) is 0 Å². The third-order valence-corrected chi connectivity index (χ3v) is 3.40. The van der Waals surface area contributed by atoms with Gasteiger partial charge in [0, 0.05) is 31.9 Å². The molecule has 0 aromatic heterocycles. The first-order valence-electron chi connectivity index (χ1n) is 7.13. The van der Waals surface area contributed by atoms with Crippen LogP contribution in [0, 0.1) is 0 Å². The highest BCUT2D eigenvalue weighted by Crippen LogP contribution is 2.18. The maximum Gasteiger partial charge on any atom is 0.128 e. The van der Waals surface area contributed by atoms with Crippen molar-refractivity contribution < 1.29 is 0 Å². The number of hydrogen-bond donors (Lipinski definition) is 1. The maximum atomic E-state index is 4.52. The lowest BCUT2D eigenvalue weighted by molar-refractivity contribution is 0.254. The molecule has 1 N–H and O–H groups in total. The Labute approximate surface area is 121 Å². The highest BCUT2D eigenvalue weighted by molar-refractivity contribution is 5.73. The fourth-order valence-corrected chi connectivity index (χ4v) is 2.37. The average Bonchev–Trinajstić information content (AvgIpc) is 2.47. The minimum Gasteiger partial charge on any atom is -0.354 e. The lowest BCUT2D eigenvalue weighted by Gasteiger charge is -2.33. The van der Waals surface area contributed by atoms with E-state index in [0.29, 0.717) is 6.04 Å². The molecular weight excluding hydrogens is 246 g/mol. The summed E-state index contributed by atoms with van der Waals surface area (Å²) in [7, 11) is 0. The first-order valence-corrected chi connectivity index (χ1v) is 7.13. The molecular formula is C17H23N3. The zero-order chi connectivity index (χ0) is 14.4. The Hall–Kier alpha value is -1.87. The zero-order valence-corrected chi connectivity index (χ0v) is 12.3. The smallest absolute Gasteiger partial charge is 0.128 e. The molecule has 2 rings (SSSR count). The zero-order valence-electron chi connectivity index (χ0n) is 12.3. The van der Waals surface area contributed by atoms with Crippen LogP contribution in [0.1, 0.15) is 19.4 Å². The van der Waals surface area contributed by atoms with E-state index < -0.39 is 0 Å². The summed E-state index contributed by atoms with van der Waals surface area (Å²) in [6.45, 7) is 11.3. The minimum atomic E-state index is 0.490. The Balaban J connectivity index is 2.19. The van der Waals surface area contributed by atoms with Gasteiger partial charge in [0.25, 0.3) is 0 Å². The molecule has 3 heteroatoms.